The van der Waals surface area contributed by atoms with Crippen molar-refractivity contribution in [2.45, 2.75) is 58.6 Å². The van der Waals surface area contributed by atoms with E-state index in [1.165, 1.54) is 11.1 Å². The lowest BCUT2D eigenvalue weighted by Crippen LogP contribution is -2.50. The van der Waals surface area contributed by atoms with Gasteiger partial charge in [0.15, 0.2) is 0 Å². The highest BCUT2D eigenvalue weighted by molar-refractivity contribution is 6.06. The maximum Gasteiger partial charge on any atom is 0.328 e. The molecule has 2 atom stereocenters. The first-order valence-electron chi connectivity index (χ1n) is 14.8. The summed E-state index contributed by atoms with van der Waals surface area (Å²) in [5.74, 6) is -1.18. The standard InChI is InChI=1S/C31H33FN6O3.C2H6/c1-19-25(17-36(3)35-19)21-6-4-20(5-7-21)16-37-12-10-26(31(2,41)18-37)23-8-9-27-24(29(23)32)14-22(15-33-27)38-13-11-28(39)34-30(38)40;1-2/h4-9,14-15,17,26,41H,10-13,16,18H2,1-3H3,(H,34,39,40);1-2H3. The second-order valence-electron chi connectivity index (χ2n) is 11.4. The van der Waals surface area contributed by atoms with E-state index in [1.807, 2.05) is 38.7 Å². The number of nitrogens with one attached hydrogen (secondary N) is 1. The van der Waals surface area contributed by atoms with Crippen molar-refractivity contribution in [3.05, 3.63) is 77.5 Å². The smallest absolute Gasteiger partial charge is 0.328 e. The number of aryl methyl sites for hydroxylation is 2. The van der Waals surface area contributed by atoms with Crippen molar-refractivity contribution in [2.24, 2.45) is 7.05 Å². The van der Waals surface area contributed by atoms with Gasteiger partial charge in [-0.1, -0.05) is 44.2 Å². The largest absolute Gasteiger partial charge is 0.388 e. The number of nitrogens with zero attached hydrogens (tertiary/aromatic N) is 5. The minimum Gasteiger partial charge on any atom is -0.388 e. The van der Waals surface area contributed by atoms with Gasteiger partial charge in [-0.25, -0.2) is 9.18 Å². The van der Waals surface area contributed by atoms with Crippen LogP contribution in [-0.2, 0) is 18.4 Å². The van der Waals surface area contributed by atoms with Gasteiger partial charge in [0.05, 0.1) is 28.7 Å². The molecule has 2 saturated heterocycles. The zero-order valence-corrected chi connectivity index (χ0v) is 25.4. The number of carbonyl (C=O) groups excluding carboxylic acids is 2. The summed E-state index contributed by atoms with van der Waals surface area (Å²) >= 11 is 0. The number of aromatic nitrogens is 3. The molecule has 3 amide bonds. The molecular formula is C33H39FN6O3. The second kappa shape index (κ2) is 12.2. The molecule has 2 aromatic heterocycles. The fourth-order valence-corrected chi connectivity index (χ4v) is 6.22. The number of likely N-dealkylation sites (tertiary alicyclic amines) is 1. The number of pyridine rings is 1. The Kier molecular flexibility index (Phi) is 8.62. The predicted molar refractivity (Wildman–Crippen MR) is 165 cm³/mol. The number of imide groups is 1. The summed E-state index contributed by atoms with van der Waals surface area (Å²) < 4.78 is 17.8. The van der Waals surface area contributed by atoms with Crippen LogP contribution in [0.15, 0.2) is 54.9 Å². The van der Waals surface area contributed by atoms with Crippen molar-refractivity contribution < 1.29 is 19.1 Å². The van der Waals surface area contributed by atoms with Gasteiger partial charge < -0.3 is 5.11 Å². The topological polar surface area (TPSA) is 104 Å². The summed E-state index contributed by atoms with van der Waals surface area (Å²) in [7, 11) is 1.91. The number of benzene rings is 2. The average Bonchev–Trinajstić information content (AvgIpc) is 3.32. The molecule has 226 valence electrons. The molecule has 0 saturated carbocycles. The number of urea groups is 1. The predicted octanol–water partition coefficient (Wildman–Crippen LogP) is 5.30. The van der Waals surface area contributed by atoms with Crippen LogP contribution in [0, 0.1) is 12.7 Å². The molecule has 4 aromatic rings. The number of anilines is 1. The molecular weight excluding hydrogens is 547 g/mol. The van der Waals surface area contributed by atoms with Crippen molar-refractivity contribution >= 4 is 28.5 Å². The van der Waals surface area contributed by atoms with Crippen LogP contribution in [0.3, 0.4) is 0 Å². The number of halogens is 1. The van der Waals surface area contributed by atoms with Gasteiger partial charge in [-0.05, 0) is 55.6 Å². The first kappa shape index (κ1) is 30.3. The highest BCUT2D eigenvalue weighted by atomic mass is 19.1. The number of hydrogen-bond donors (Lipinski definition) is 2. The van der Waals surface area contributed by atoms with Crippen LogP contribution in [-0.4, -0.2) is 61.9 Å². The van der Waals surface area contributed by atoms with E-state index in [1.54, 1.807) is 25.1 Å². The first-order chi connectivity index (χ1) is 20.6. The van der Waals surface area contributed by atoms with Crippen LogP contribution in [0.5, 0.6) is 0 Å². The molecule has 9 nitrogen and oxygen atoms in total. The lowest BCUT2D eigenvalue weighted by atomic mass is 9.77. The Morgan fingerprint density at radius 3 is 2.51 bits per heavy atom. The van der Waals surface area contributed by atoms with Crippen LogP contribution in [0.4, 0.5) is 14.9 Å². The van der Waals surface area contributed by atoms with Crippen LogP contribution in [0.1, 0.15) is 56.4 Å². The van der Waals surface area contributed by atoms with E-state index in [0.717, 1.165) is 22.4 Å². The molecule has 2 N–H and O–H groups in total. The zero-order valence-electron chi connectivity index (χ0n) is 25.4. The van der Waals surface area contributed by atoms with Gasteiger partial charge in [0.2, 0.25) is 5.91 Å². The van der Waals surface area contributed by atoms with Gasteiger partial charge in [0.1, 0.15) is 5.82 Å². The number of carbonyl (C=O) groups is 2. The fourth-order valence-electron chi connectivity index (χ4n) is 6.22. The van der Waals surface area contributed by atoms with E-state index in [-0.39, 0.29) is 24.3 Å². The Hall–Kier alpha value is -4.15. The number of fused-ring (bicyclic) bond motifs is 1. The molecule has 2 aromatic carbocycles. The normalized spacial score (nSPS) is 21.0. The third kappa shape index (κ3) is 6.16. The molecule has 2 aliphatic heterocycles. The van der Waals surface area contributed by atoms with Gasteiger partial charge >= 0.3 is 6.03 Å². The number of hydrogen-bond acceptors (Lipinski definition) is 6. The maximum absolute atomic E-state index is 16.0. The lowest BCUT2D eigenvalue weighted by Gasteiger charge is -2.43. The molecule has 0 spiro atoms. The average molecular weight is 587 g/mol. The molecule has 6 rings (SSSR count). The van der Waals surface area contributed by atoms with Crippen molar-refractivity contribution in [1.29, 1.82) is 0 Å². The van der Waals surface area contributed by atoms with E-state index >= 15 is 4.39 Å². The van der Waals surface area contributed by atoms with E-state index < -0.39 is 23.4 Å². The second-order valence-corrected chi connectivity index (χ2v) is 11.4. The monoisotopic (exact) mass is 586 g/mol. The molecule has 0 aliphatic carbocycles. The van der Waals surface area contributed by atoms with E-state index in [4.69, 9.17) is 0 Å². The minimum absolute atomic E-state index is 0.169. The molecule has 2 aliphatic rings. The highest BCUT2D eigenvalue weighted by Crippen LogP contribution is 2.39. The Bertz CT molecular complexity index is 1650. The Morgan fingerprint density at radius 2 is 1.86 bits per heavy atom. The van der Waals surface area contributed by atoms with Crippen LogP contribution in [0.2, 0.25) is 0 Å². The Labute approximate surface area is 251 Å². The van der Waals surface area contributed by atoms with Gasteiger partial charge in [0.25, 0.3) is 0 Å². The van der Waals surface area contributed by atoms with Crippen LogP contribution >= 0.6 is 0 Å². The van der Waals surface area contributed by atoms with Crippen LogP contribution in [0.25, 0.3) is 22.0 Å². The Morgan fingerprint density at radius 1 is 1.12 bits per heavy atom. The summed E-state index contributed by atoms with van der Waals surface area (Å²) in [4.78, 5) is 31.8. The summed E-state index contributed by atoms with van der Waals surface area (Å²) in [5, 5.41) is 18.5. The quantitative estimate of drug-likeness (QED) is 0.329. The molecule has 4 heterocycles. The fraction of sp³-hybridized carbons (Fsp3) is 0.394. The number of piperidine rings is 1. The minimum atomic E-state index is -1.16. The molecule has 10 heteroatoms. The zero-order chi connectivity index (χ0) is 30.9. The molecule has 2 unspecified atom stereocenters. The first-order valence-corrected chi connectivity index (χ1v) is 14.8. The number of β-amino-alcohol motifs (C(OH)–C–C–N with tert-alkyl or cyclic N) is 1. The number of rotatable bonds is 5. The lowest BCUT2D eigenvalue weighted by molar-refractivity contribution is -0.120. The van der Waals surface area contributed by atoms with Gasteiger partial charge in [-0.15, -0.1) is 0 Å². The Balaban J connectivity index is 0.00000180. The molecule has 0 bridgehead atoms. The molecule has 0 radical (unpaired) electrons. The number of amides is 3. The number of aliphatic hydroxyl groups is 1. The van der Waals surface area contributed by atoms with Crippen molar-refractivity contribution in [1.82, 2.24) is 25.0 Å². The highest BCUT2D eigenvalue weighted by Gasteiger charge is 2.40. The van der Waals surface area contributed by atoms with Crippen molar-refractivity contribution in [3.8, 4) is 11.1 Å². The van der Waals surface area contributed by atoms with Crippen LogP contribution < -0.4 is 10.2 Å². The summed E-state index contributed by atoms with van der Waals surface area (Å²) in [5.41, 5.74) is 4.52. The summed E-state index contributed by atoms with van der Waals surface area (Å²) in [6.45, 7) is 9.77. The molecule has 43 heavy (non-hydrogen) atoms. The summed E-state index contributed by atoms with van der Waals surface area (Å²) in [6.07, 6.45) is 4.28. The van der Waals surface area contributed by atoms with Gasteiger partial charge in [-0.3, -0.25) is 29.6 Å². The maximum atomic E-state index is 16.0. The van der Waals surface area contributed by atoms with Crippen molar-refractivity contribution in [2.75, 3.05) is 24.5 Å². The van der Waals surface area contributed by atoms with Gasteiger partial charge in [0, 0.05) is 56.2 Å². The van der Waals surface area contributed by atoms with E-state index in [2.05, 4.69) is 44.6 Å². The third-order valence-electron chi connectivity index (χ3n) is 8.27. The third-order valence-corrected chi connectivity index (χ3v) is 8.27. The summed E-state index contributed by atoms with van der Waals surface area (Å²) in [6, 6.07) is 12.9. The SMILES string of the molecule is CC.Cc1nn(C)cc1-c1ccc(CN2CCC(c3ccc4ncc(N5CCC(=O)NC5=O)cc4c3F)C(C)(O)C2)cc1. The van der Waals surface area contributed by atoms with Crippen molar-refractivity contribution in [3.63, 3.8) is 0 Å². The van der Waals surface area contributed by atoms with Gasteiger partial charge in [-0.2, -0.15) is 5.10 Å². The molecule has 2 fully saturated rings. The van der Waals surface area contributed by atoms with E-state index in [0.29, 0.717) is 42.8 Å². The van der Waals surface area contributed by atoms with E-state index in [9.17, 15) is 14.7 Å².